The largest absolute Gasteiger partial charge is 0.396 e. The Bertz CT molecular complexity index is 237. The summed E-state index contributed by atoms with van der Waals surface area (Å²) in [5, 5.41) is 9.04. The van der Waals surface area contributed by atoms with Gasteiger partial charge in [-0.15, -0.1) is 0 Å². The Morgan fingerprint density at radius 3 is 2.47 bits per heavy atom. The second kappa shape index (κ2) is 4.49. The summed E-state index contributed by atoms with van der Waals surface area (Å²) in [4.78, 5) is 13.6. The highest BCUT2D eigenvalue weighted by molar-refractivity contribution is 5.79. The number of likely N-dealkylation sites (tertiary alicyclic amines) is 1. The van der Waals surface area contributed by atoms with Crippen molar-refractivity contribution in [3.05, 3.63) is 0 Å². The van der Waals surface area contributed by atoms with Crippen LogP contribution in [0.5, 0.6) is 0 Å². The normalized spacial score (nSPS) is 37.3. The predicted molar refractivity (Wildman–Crippen MR) is 57.1 cm³/mol. The number of nitrogens with zero attached hydrogens (tertiary/aromatic N) is 1. The van der Waals surface area contributed by atoms with E-state index < -0.39 is 0 Å². The van der Waals surface area contributed by atoms with Gasteiger partial charge in [0, 0.05) is 31.7 Å². The van der Waals surface area contributed by atoms with E-state index >= 15 is 0 Å². The molecule has 0 spiro atoms. The van der Waals surface area contributed by atoms with Gasteiger partial charge < -0.3 is 15.7 Å². The molecule has 0 bridgehead atoms. The quantitative estimate of drug-likeness (QED) is 0.682. The lowest BCUT2D eigenvalue weighted by molar-refractivity contribution is -0.130. The van der Waals surface area contributed by atoms with Crippen LogP contribution in [-0.4, -0.2) is 41.1 Å². The van der Waals surface area contributed by atoms with E-state index in [0.29, 0.717) is 25.0 Å². The molecule has 1 saturated carbocycles. The number of aliphatic hydroxyl groups excluding tert-OH is 1. The zero-order valence-electron chi connectivity index (χ0n) is 9.06. The summed E-state index contributed by atoms with van der Waals surface area (Å²) >= 11 is 0. The van der Waals surface area contributed by atoms with Crippen molar-refractivity contribution < 1.29 is 9.90 Å². The highest BCUT2D eigenvalue weighted by Gasteiger charge is 2.34. The molecule has 0 aromatic heterocycles. The van der Waals surface area contributed by atoms with Crippen molar-refractivity contribution in [3.8, 4) is 0 Å². The first-order chi connectivity index (χ1) is 7.20. The van der Waals surface area contributed by atoms with Gasteiger partial charge in [0.15, 0.2) is 0 Å². The van der Waals surface area contributed by atoms with Gasteiger partial charge in [0.2, 0.25) is 5.91 Å². The molecule has 0 radical (unpaired) electrons. The maximum absolute atomic E-state index is 11.6. The summed E-state index contributed by atoms with van der Waals surface area (Å²) in [7, 11) is 0. The molecule has 0 aromatic rings. The van der Waals surface area contributed by atoms with Crippen molar-refractivity contribution in [2.24, 2.45) is 11.7 Å². The molecule has 1 heterocycles. The van der Waals surface area contributed by atoms with Crippen LogP contribution >= 0.6 is 0 Å². The number of hydrogen-bond acceptors (Lipinski definition) is 3. The monoisotopic (exact) mass is 212 g/mol. The summed E-state index contributed by atoms with van der Waals surface area (Å²) in [5.41, 5.74) is 5.77. The predicted octanol–water partition coefficient (Wildman–Crippen LogP) is 0.0971. The van der Waals surface area contributed by atoms with Crippen LogP contribution in [0, 0.1) is 5.92 Å². The summed E-state index contributed by atoms with van der Waals surface area (Å²) in [6.07, 6.45) is 4.66. The molecule has 1 saturated heterocycles. The molecular formula is C11H20N2O2. The molecule has 2 aliphatic rings. The Kier molecular flexibility index (Phi) is 3.26. The van der Waals surface area contributed by atoms with Crippen molar-refractivity contribution in [2.75, 3.05) is 13.2 Å². The van der Waals surface area contributed by atoms with Gasteiger partial charge in [-0.25, -0.2) is 0 Å². The molecule has 4 heteroatoms. The maximum atomic E-state index is 11.6. The van der Waals surface area contributed by atoms with Crippen molar-refractivity contribution in [2.45, 2.75) is 44.2 Å². The van der Waals surface area contributed by atoms with Gasteiger partial charge in [-0.3, -0.25) is 4.79 Å². The van der Waals surface area contributed by atoms with Crippen LogP contribution in [-0.2, 0) is 4.79 Å². The van der Waals surface area contributed by atoms with E-state index in [1.165, 1.54) is 0 Å². The fourth-order valence-corrected chi connectivity index (χ4v) is 2.75. The third kappa shape index (κ3) is 2.32. The first kappa shape index (κ1) is 10.9. The van der Waals surface area contributed by atoms with Crippen LogP contribution in [0.1, 0.15) is 32.1 Å². The summed E-state index contributed by atoms with van der Waals surface area (Å²) in [6.45, 7) is 1.02. The first-order valence-corrected chi connectivity index (χ1v) is 5.86. The molecular weight excluding hydrogens is 192 g/mol. The van der Waals surface area contributed by atoms with Gasteiger partial charge in [-0.1, -0.05) is 0 Å². The SMILES string of the molecule is NC1CC(=O)N(C2CCC(CO)CC2)C1. The standard InChI is InChI=1S/C11H20N2O2/c12-9-5-11(15)13(6-9)10-3-1-8(7-14)2-4-10/h8-10,14H,1-7,12H2. The third-order valence-electron chi connectivity index (χ3n) is 3.70. The third-order valence-corrected chi connectivity index (χ3v) is 3.70. The Morgan fingerprint density at radius 2 is 2.00 bits per heavy atom. The first-order valence-electron chi connectivity index (χ1n) is 5.86. The number of amides is 1. The van der Waals surface area contributed by atoms with Gasteiger partial charge in [-0.2, -0.15) is 0 Å². The molecule has 15 heavy (non-hydrogen) atoms. The molecule has 1 atom stereocenters. The van der Waals surface area contributed by atoms with E-state index in [-0.39, 0.29) is 11.9 Å². The molecule has 4 nitrogen and oxygen atoms in total. The topological polar surface area (TPSA) is 66.6 Å². The van der Waals surface area contributed by atoms with Crippen LogP contribution in [0.15, 0.2) is 0 Å². The zero-order chi connectivity index (χ0) is 10.8. The van der Waals surface area contributed by atoms with E-state index in [1.54, 1.807) is 0 Å². The lowest BCUT2D eigenvalue weighted by atomic mass is 9.86. The second-order valence-electron chi connectivity index (χ2n) is 4.87. The molecule has 2 fully saturated rings. The molecule has 0 aromatic carbocycles. The van der Waals surface area contributed by atoms with Crippen molar-refractivity contribution in [1.82, 2.24) is 4.90 Å². The van der Waals surface area contributed by atoms with Crippen LogP contribution in [0.4, 0.5) is 0 Å². The summed E-state index contributed by atoms with van der Waals surface area (Å²) in [5.74, 6) is 0.669. The highest BCUT2D eigenvalue weighted by atomic mass is 16.3. The smallest absolute Gasteiger partial charge is 0.224 e. The van der Waals surface area contributed by atoms with Crippen LogP contribution in [0.25, 0.3) is 0 Å². The Hall–Kier alpha value is -0.610. The number of hydrogen-bond donors (Lipinski definition) is 2. The summed E-state index contributed by atoms with van der Waals surface area (Å²) < 4.78 is 0. The Balaban J connectivity index is 1.88. The lowest BCUT2D eigenvalue weighted by Crippen LogP contribution is -2.40. The van der Waals surface area contributed by atoms with E-state index in [4.69, 9.17) is 10.8 Å². The lowest BCUT2D eigenvalue weighted by Gasteiger charge is -2.34. The number of carbonyl (C=O) groups excluding carboxylic acids is 1. The fraction of sp³-hybridized carbons (Fsp3) is 0.909. The van der Waals surface area contributed by atoms with E-state index in [1.807, 2.05) is 4.90 Å². The number of aliphatic hydroxyl groups is 1. The minimum Gasteiger partial charge on any atom is -0.396 e. The molecule has 1 aliphatic carbocycles. The molecule has 1 unspecified atom stereocenters. The summed E-state index contributed by atoms with van der Waals surface area (Å²) in [6, 6.07) is 0.418. The van der Waals surface area contributed by atoms with Crippen molar-refractivity contribution in [1.29, 1.82) is 0 Å². The minimum absolute atomic E-state index is 0.0352. The number of nitrogens with two attached hydrogens (primary N) is 1. The van der Waals surface area contributed by atoms with E-state index in [2.05, 4.69) is 0 Å². The molecule has 86 valence electrons. The van der Waals surface area contributed by atoms with Crippen LogP contribution in [0.3, 0.4) is 0 Å². The fourth-order valence-electron chi connectivity index (χ4n) is 2.75. The minimum atomic E-state index is 0.0352. The number of rotatable bonds is 2. The zero-order valence-corrected chi connectivity index (χ0v) is 9.06. The van der Waals surface area contributed by atoms with Gasteiger partial charge in [0.1, 0.15) is 0 Å². The van der Waals surface area contributed by atoms with E-state index in [9.17, 15) is 4.79 Å². The average Bonchev–Trinajstić information content (AvgIpc) is 2.58. The van der Waals surface area contributed by atoms with Gasteiger partial charge in [-0.05, 0) is 31.6 Å². The van der Waals surface area contributed by atoms with Gasteiger partial charge in [0.05, 0.1) is 0 Å². The van der Waals surface area contributed by atoms with Crippen LogP contribution in [0.2, 0.25) is 0 Å². The maximum Gasteiger partial charge on any atom is 0.224 e. The Labute approximate surface area is 90.4 Å². The van der Waals surface area contributed by atoms with Crippen LogP contribution < -0.4 is 5.73 Å². The van der Waals surface area contributed by atoms with Crippen molar-refractivity contribution in [3.63, 3.8) is 0 Å². The molecule has 3 N–H and O–H groups in total. The Morgan fingerprint density at radius 1 is 1.33 bits per heavy atom. The highest BCUT2D eigenvalue weighted by Crippen LogP contribution is 2.29. The van der Waals surface area contributed by atoms with Crippen molar-refractivity contribution >= 4 is 5.91 Å². The van der Waals surface area contributed by atoms with Gasteiger partial charge >= 0.3 is 0 Å². The second-order valence-corrected chi connectivity index (χ2v) is 4.87. The number of carbonyl (C=O) groups is 1. The average molecular weight is 212 g/mol. The molecule has 1 amide bonds. The molecule has 1 aliphatic heterocycles. The molecule has 2 rings (SSSR count). The van der Waals surface area contributed by atoms with E-state index in [0.717, 1.165) is 32.2 Å². The van der Waals surface area contributed by atoms with Gasteiger partial charge in [0.25, 0.3) is 0 Å².